The fourth-order valence-electron chi connectivity index (χ4n) is 8.78. The third-order valence-electron chi connectivity index (χ3n) is 9.42. The molecule has 3 unspecified atom stereocenters. The zero-order valence-corrected chi connectivity index (χ0v) is 19.0. The first kappa shape index (κ1) is 21.7. The number of nitrogens with one attached hydrogen (secondary N) is 1. The van der Waals surface area contributed by atoms with Crippen LogP contribution < -0.4 is 5.32 Å². The Labute approximate surface area is 189 Å². The lowest BCUT2D eigenvalue weighted by Crippen LogP contribution is -2.67. The van der Waals surface area contributed by atoms with E-state index in [0.29, 0.717) is 6.54 Å². The van der Waals surface area contributed by atoms with E-state index in [1.807, 2.05) is 27.7 Å². The van der Waals surface area contributed by atoms with Gasteiger partial charge in [0.2, 0.25) is 11.9 Å². The van der Waals surface area contributed by atoms with Crippen molar-refractivity contribution in [1.82, 2.24) is 5.32 Å². The lowest BCUT2D eigenvalue weighted by molar-refractivity contribution is -0.240. The second kappa shape index (κ2) is 5.71. The molecule has 4 heterocycles. The van der Waals surface area contributed by atoms with Gasteiger partial charge >= 0.3 is 17.9 Å². The highest BCUT2D eigenvalue weighted by Crippen LogP contribution is 2.84. The minimum Gasteiger partial charge on any atom is -0.458 e. The van der Waals surface area contributed by atoms with Crippen LogP contribution in [0.1, 0.15) is 34.6 Å². The minimum atomic E-state index is -2.29. The minimum absolute atomic E-state index is 0.468. The molecule has 182 valence electrons. The first-order valence-corrected chi connectivity index (χ1v) is 11.4. The summed E-state index contributed by atoms with van der Waals surface area (Å²) in [6, 6.07) is -0.612. The Kier molecular flexibility index (Phi) is 3.76. The van der Waals surface area contributed by atoms with E-state index in [2.05, 4.69) is 5.32 Å². The van der Waals surface area contributed by atoms with Gasteiger partial charge in [0.1, 0.15) is 12.2 Å². The van der Waals surface area contributed by atoms with Gasteiger partial charge in [-0.2, -0.15) is 0 Å². The van der Waals surface area contributed by atoms with Crippen molar-refractivity contribution in [3.05, 3.63) is 0 Å². The Morgan fingerprint density at radius 1 is 1.03 bits per heavy atom. The molecule has 33 heavy (non-hydrogen) atoms. The molecule has 6 rings (SSSR count). The van der Waals surface area contributed by atoms with Crippen molar-refractivity contribution in [1.29, 1.82) is 0 Å². The summed E-state index contributed by atoms with van der Waals surface area (Å²) in [5.74, 6) is -4.53. The van der Waals surface area contributed by atoms with Crippen LogP contribution in [0.15, 0.2) is 0 Å². The van der Waals surface area contributed by atoms with E-state index in [1.165, 1.54) is 6.92 Å². The molecule has 0 aromatic rings. The highest BCUT2D eigenvalue weighted by molar-refractivity contribution is 5.94. The van der Waals surface area contributed by atoms with Gasteiger partial charge in [-0.05, 0) is 24.8 Å². The lowest BCUT2D eigenvalue weighted by atomic mass is 9.51. The summed E-state index contributed by atoms with van der Waals surface area (Å²) in [6.45, 7) is 9.49. The molecule has 2 spiro atoms. The molecule has 4 aliphatic heterocycles. The Morgan fingerprint density at radius 2 is 1.70 bits per heavy atom. The van der Waals surface area contributed by atoms with Gasteiger partial charge in [-0.3, -0.25) is 4.79 Å². The van der Waals surface area contributed by atoms with Gasteiger partial charge in [0.05, 0.1) is 16.7 Å². The van der Waals surface area contributed by atoms with Gasteiger partial charge in [-0.15, -0.1) is 0 Å². The third kappa shape index (κ3) is 1.69. The Balaban J connectivity index is 1.74. The summed E-state index contributed by atoms with van der Waals surface area (Å²) in [5, 5.41) is 38.7. The number of hydrogen-bond donors (Lipinski definition) is 4. The van der Waals surface area contributed by atoms with Gasteiger partial charge < -0.3 is 39.6 Å². The number of carbonyl (C=O) groups is 3. The zero-order valence-electron chi connectivity index (χ0n) is 19.0. The molecule has 2 aliphatic carbocycles. The number of carbonyl (C=O) groups excluding carboxylic acids is 3. The first-order valence-electron chi connectivity index (χ1n) is 11.4. The average Bonchev–Trinajstić information content (AvgIpc) is 3.41. The molecule has 6 fully saturated rings. The highest BCUT2D eigenvalue weighted by atomic mass is 16.8. The molecule has 12 atom stereocenters. The zero-order chi connectivity index (χ0) is 24.1. The molecule has 0 bridgehead atoms. The van der Waals surface area contributed by atoms with Gasteiger partial charge in [0.25, 0.3) is 0 Å². The van der Waals surface area contributed by atoms with E-state index in [1.54, 1.807) is 0 Å². The van der Waals surface area contributed by atoms with Gasteiger partial charge in [-0.1, -0.05) is 27.7 Å². The van der Waals surface area contributed by atoms with Crippen molar-refractivity contribution in [2.75, 3.05) is 6.54 Å². The smallest absolute Gasteiger partial charge is 0.343 e. The molecule has 4 N–H and O–H groups in total. The summed E-state index contributed by atoms with van der Waals surface area (Å²) >= 11 is 0. The summed E-state index contributed by atoms with van der Waals surface area (Å²) in [4.78, 5) is 39.0. The van der Waals surface area contributed by atoms with Crippen molar-refractivity contribution >= 4 is 17.9 Å². The number of ether oxygens (including phenoxy) is 4. The predicted molar refractivity (Wildman–Crippen MR) is 105 cm³/mol. The van der Waals surface area contributed by atoms with Crippen LogP contribution in [0.5, 0.6) is 0 Å². The summed E-state index contributed by atoms with van der Waals surface area (Å²) in [5.41, 5.74) is -8.64. The van der Waals surface area contributed by atoms with Gasteiger partial charge in [0, 0.05) is 6.04 Å². The first-order chi connectivity index (χ1) is 15.3. The predicted octanol–water partition coefficient (Wildman–Crippen LogP) is -1.78. The van der Waals surface area contributed by atoms with Crippen molar-refractivity contribution in [3.63, 3.8) is 0 Å². The number of rotatable bonds is 2. The van der Waals surface area contributed by atoms with E-state index >= 15 is 0 Å². The van der Waals surface area contributed by atoms with E-state index in [-0.39, 0.29) is 0 Å². The molecule has 0 aromatic heterocycles. The summed E-state index contributed by atoms with van der Waals surface area (Å²) in [6.07, 6.45) is -7.46. The number of hydrogen-bond acceptors (Lipinski definition) is 11. The van der Waals surface area contributed by atoms with Crippen molar-refractivity contribution < 1.29 is 48.7 Å². The van der Waals surface area contributed by atoms with Crippen molar-refractivity contribution in [2.24, 2.45) is 28.1 Å². The van der Waals surface area contributed by atoms with Crippen LogP contribution in [-0.2, 0) is 33.3 Å². The molecule has 0 amide bonds. The average molecular weight is 467 g/mol. The monoisotopic (exact) mass is 467 g/mol. The molecule has 0 radical (unpaired) electrons. The maximum Gasteiger partial charge on any atom is 0.343 e. The largest absolute Gasteiger partial charge is 0.458 e. The fraction of sp³-hybridized carbons (Fsp3) is 0.864. The van der Waals surface area contributed by atoms with E-state index in [9.17, 15) is 29.7 Å². The Bertz CT molecular complexity index is 994. The van der Waals surface area contributed by atoms with E-state index in [0.717, 1.165) is 0 Å². The van der Waals surface area contributed by atoms with Crippen LogP contribution in [0.4, 0.5) is 0 Å². The number of esters is 3. The maximum absolute atomic E-state index is 13.7. The number of aliphatic hydroxyl groups excluding tert-OH is 2. The number of aliphatic hydroxyl groups is 3. The van der Waals surface area contributed by atoms with Crippen molar-refractivity contribution in [2.45, 2.75) is 82.6 Å². The molecule has 4 saturated heterocycles. The van der Waals surface area contributed by atoms with Crippen LogP contribution in [0.2, 0.25) is 0 Å². The Morgan fingerprint density at radius 3 is 2.30 bits per heavy atom. The fourth-order valence-corrected chi connectivity index (χ4v) is 8.78. The normalized spacial score (nSPS) is 58.0. The second-order valence-corrected chi connectivity index (χ2v) is 11.4. The molecular formula is C22H29NO10. The molecule has 0 aromatic carbocycles. The third-order valence-corrected chi connectivity index (χ3v) is 9.42. The SMILES string of the molecule is CCN[C@@H]1C2OC(=O)[C@]34OC5OC(=O)[C@H](O)C5([C@@H]1C(C)(C)C)[C@@]23[C@@H](O)[C@@H]1OC(=O)[C@@H](C)[C@@]14O. The molecule has 11 heteroatoms. The van der Waals surface area contributed by atoms with Crippen LogP contribution >= 0.6 is 0 Å². The number of fused-ring (bicyclic) bond motifs is 1. The molecule has 11 nitrogen and oxygen atoms in total. The maximum atomic E-state index is 13.7. The van der Waals surface area contributed by atoms with Crippen LogP contribution in [0.25, 0.3) is 0 Å². The Hall–Kier alpha value is -1.79. The topological polar surface area (TPSA) is 161 Å². The molecule has 6 aliphatic rings. The summed E-state index contributed by atoms with van der Waals surface area (Å²) < 4.78 is 23.0. The van der Waals surface area contributed by atoms with E-state index < -0.39 is 93.9 Å². The molecule has 2 saturated carbocycles. The standard InChI is InChI=1S/C22H29NO10/c1-6-23-8-9(18(3,4)5)19-11(25)15(27)32-17(19)33-22-16(28)31-12(8)20(19,22)10(24)13-21(22,29)7(2)14(26)30-13/h7-13,17,23-25,29H,6H2,1-5H3/t7-,8+,9+,10+,11+,12?,13+,17?,19?,20-,21-,22+/m1/s1. The number of likely N-dealkylation sites (N-methyl/N-ethyl adjacent to an activating group) is 1. The second-order valence-electron chi connectivity index (χ2n) is 11.4. The molecular weight excluding hydrogens is 438 g/mol. The van der Waals surface area contributed by atoms with Crippen molar-refractivity contribution in [3.8, 4) is 0 Å². The van der Waals surface area contributed by atoms with E-state index in [4.69, 9.17) is 18.9 Å². The summed E-state index contributed by atoms with van der Waals surface area (Å²) in [7, 11) is 0. The highest BCUT2D eigenvalue weighted by Gasteiger charge is 3.05. The van der Waals surface area contributed by atoms with Gasteiger partial charge in [-0.25, -0.2) is 9.59 Å². The quantitative estimate of drug-likeness (QED) is 0.268. The van der Waals surface area contributed by atoms with Crippen LogP contribution in [0.3, 0.4) is 0 Å². The lowest BCUT2D eigenvalue weighted by Gasteiger charge is -2.47. The van der Waals surface area contributed by atoms with Crippen LogP contribution in [0, 0.1) is 28.1 Å². The van der Waals surface area contributed by atoms with Crippen LogP contribution in [-0.4, -0.2) is 87.7 Å². The van der Waals surface area contributed by atoms with Gasteiger partial charge in [0.15, 0.2) is 17.8 Å².